The number of carbonyl (C=O) groups is 1. The number of carbonyl (C=O) groups excluding carboxylic acids is 1. The van der Waals surface area contributed by atoms with Crippen LogP contribution >= 0.6 is 0 Å². The van der Waals surface area contributed by atoms with E-state index in [0.29, 0.717) is 0 Å². The van der Waals surface area contributed by atoms with Crippen LogP contribution in [0, 0.1) is 0 Å². The number of rotatable bonds is 17. The first kappa shape index (κ1) is 24.2. The van der Waals surface area contributed by atoms with Gasteiger partial charge >= 0.3 is 16.3 Å². The third kappa shape index (κ3) is 17.8. The molecule has 25 heavy (non-hydrogen) atoms. The second kappa shape index (κ2) is 16.7. The Labute approximate surface area is 155 Å². The average molecular weight is 379 g/mol. The molecule has 0 fully saturated rings. The van der Waals surface area contributed by atoms with Crippen LogP contribution < -0.4 is 0 Å². The molecule has 0 saturated heterocycles. The monoisotopic (exact) mass is 378 g/mol. The lowest BCUT2D eigenvalue weighted by molar-refractivity contribution is 0.0997. The Morgan fingerprint density at radius 1 is 0.680 bits per heavy atom. The molecule has 0 rings (SSSR count). The molecule has 0 aliphatic rings. The van der Waals surface area contributed by atoms with Gasteiger partial charge in [0.15, 0.2) is 0 Å². The van der Waals surface area contributed by atoms with Gasteiger partial charge in [0, 0.05) is 0 Å². The van der Waals surface area contributed by atoms with Gasteiger partial charge in [0.1, 0.15) is 0 Å². The average Bonchev–Trinajstić information content (AvgIpc) is 2.58. The number of unbranched alkanes of at least 4 members (excludes halogenated alkanes) is 13. The fourth-order valence-electron chi connectivity index (χ4n) is 2.64. The van der Waals surface area contributed by atoms with Gasteiger partial charge in [-0.25, -0.2) is 4.79 Å². The van der Waals surface area contributed by atoms with Gasteiger partial charge in [-0.3, -0.25) is 0 Å². The molecule has 5 nitrogen and oxygen atoms in total. The summed E-state index contributed by atoms with van der Waals surface area (Å²) in [5.74, 6) is -0.235. The van der Waals surface area contributed by atoms with Crippen molar-refractivity contribution in [2.75, 3.05) is 12.4 Å². The summed E-state index contributed by atoms with van der Waals surface area (Å²) in [6.45, 7) is 3.88. The Kier molecular flexibility index (Phi) is 16.2. The van der Waals surface area contributed by atoms with Crippen LogP contribution in [0.15, 0.2) is 0 Å². The predicted molar refractivity (Wildman–Crippen MR) is 102 cm³/mol. The quantitative estimate of drug-likeness (QED) is 0.177. The minimum atomic E-state index is -3.76. The molecule has 6 heteroatoms. The summed E-state index contributed by atoms with van der Waals surface area (Å²) in [5, 5.41) is 0. The van der Waals surface area contributed by atoms with Gasteiger partial charge in [0.05, 0.1) is 12.4 Å². The summed E-state index contributed by atoms with van der Waals surface area (Å²) < 4.78 is 31.1. The van der Waals surface area contributed by atoms with Gasteiger partial charge in [0.25, 0.3) is 0 Å². The van der Waals surface area contributed by atoms with Crippen LogP contribution in [0.4, 0.5) is 4.79 Å². The van der Waals surface area contributed by atoms with E-state index in [1.807, 2.05) is 0 Å². The summed E-state index contributed by atoms with van der Waals surface area (Å²) in [6.07, 6.45) is 16.5. The van der Waals surface area contributed by atoms with Crippen molar-refractivity contribution in [2.24, 2.45) is 0 Å². The lowest BCUT2D eigenvalue weighted by atomic mass is 10.0. The van der Waals surface area contributed by atoms with Crippen molar-refractivity contribution in [1.82, 2.24) is 0 Å². The first-order valence-electron chi connectivity index (χ1n) is 10.1. The Hall–Kier alpha value is -0.780. The fourth-order valence-corrected chi connectivity index (χ4v) is 3.01. The number of ether oxygens (including phenoxy) is 1. The molecule has 0 amide bonds. The molecule has 0 N–H and O–H groups in total. The van der Waals surface area contributed by atoms with Crippen LogP contribution in [0.25, 0.3) is 0 Å². The molecule has 0 unspecified atom stereocenters. The van der Waals surface area contributed by atoms with Crippen molar-refractivity contribution in [2.45, 2.75) is 104 Å². The summed E-state index contributed by atoms with van der Waals surface area (Å²) in [5.41, 5.74) is 0. The van der Waals surface area contributed by atoms with E-state index in [1.165, 1.54) is 77.6 Å². The highest BCUT2D eigenvalue weighted by Gasteiger charge is 2.15. The molecule has 0 saturated carbocycles. The van der Waals surface area contributed by atoms with Gasteiger partial charge < -0.3 is 8.92 Å². The molecule has 0 heterocycles. The Bertz CT molecular complexity index is 406. The topological polar surface area (TPSA) is 69.7 Å². The van der Waals surface area contributed by atoms with E-state index in [9.17, 15) is 13.2 Å². The first-order chi connectivity index (χ1) is 12.0. The van der Waals surface area contributed by atoms with E-state index in [1.54, 1.807) is 0 Å². The van der Waals surface area contributed by atoms with Crippen molar-refractivity contribution < 1.29 is 22.1 Å². The van der Waals surface area contributed by atoms with Crippen molar-refractivity contribution >= 4 is 16.3 Å². The van der Waals surface area contributed by atoms with E-state index in [2.05, 4.69) is 11.1 Å². The highest BCUT2D eigenvalue weighted by Crippen LogP contribution is 2.13. The van der Waals surface area contributed by atoms with Gasteiger partial charge in [-0.2, -0.15) is 8.42 Å². The summed E-state index contributed by atoms with van der Waals surface area (Å²) in [4.78, 5) is 11.1. The molecule has 0 aromatic heterocycles. The zero-order valence-corrected chi connectivity index (χ0v) is 17.1. The van der Waals surface area contributed by atoms with Crippen LogP contribution in [0.2, 0.25) is 0 Å². The molecule has 0 atom stereocenters. The maximum atomic E-state index is 11.1. The lowest BCUT2D eigenvalue weighted by Crippen LogP contribution is -2.16. The fraction of sp³-hybridized carbons (Fsp3) is 0.947. The van der Waals surface area contributed by atoms with Gasteiger partial charge in [-0.1, -0.05) is 90.4 Å². The molecular weight excluding hydrogens is 340 g/mol. The van der Waals surface area contributed by atoms with Crippen LogP contribution in [0.3, 0.4) is 0 Å². The summed E-state index contributed by atoms with van der Waals surface area (Å²) >= 11 is 0. The third-order valence-electron chi connectivity index (χ3n) is 4.27. The maximum absolute atomic E-state index is 11.1. The summed E-state index contributed by atoms with van der Waals surface area (Å²) in [6, 6.07) is 0. The second-order valence-corrected chi connectivity index (χ2v) is 8.48. The van der Waals surface area contributed by atoms with Crippen LogP contribution in [-0.2, 0) is 19.0 Å². The first-order valence-corrected chi connectivity index (χ1v) is 11.7. The minimum absolute atomic E-state index is 0.218. The van der Waals surface area contributed by atoms with Crippen LogP contribution in [-0.4, -0.2) is 26.9 Å². The van der Waals surface area contributed by atoms with Crippen molar-refractivity contribution in [1.29, 1.82) is 0 Å². The van der Waals surface area contributed by atoms with Gasteiger partial charge in [-0.15, -0.1) is 0 Å². The molecular formula is C19H38O5S. The van der Waals surface area contributed by atoms with Crippen LogP contribution in [0.1, 0.15) is 104 Å². The third-order valence-corrected chi connectivity index (χ3v) is 5.36. The molecule has 0 aliphatic heterocycles. The highest BCUT2D eigenvalue weighted by atomic mass is 32.2. The molecule has 150 valence electrons. The van der Waals surface area contributed by atoms with E-state index in [-0.39, 0.29) is 12.4 Å². The smallest absolute Gasteiger partial charge is 0.433 e. The molecule has 0 aromatic rings. The predicted octanol–water partition coefficient (Wildman–Crippen LogP) is 5.97. The zero-order valence-electron chi connectivity index (χ0n) is 16.3. The summed E-state index contributed by atoms with van der Waals surface area (Å²) in [7, 11) is -3.76. The number of hydrogen-bond donors (Lipinski definition) is 0. The van der Waals surface area contributed by atoms with Crippen molar-refractivity contribution in [3.05, 3.63) is 0 Å². The molecule has 0 spiro atoms. The van der Waals surface area contributed by atoms with Crippen LogP contribution in [0.5, 0.6) is 0 Å². The second-order valence-electron chi connectivity index (χ2n) is 6.62. The van der Waals surface area contributed by atoms with E-state index in [4.69, 9.17) is 4.74 Å². The zero-order chi connectivity index (χ0) is 18.8. The van der Waals surface area contributed by atoms with Gasteiger partial charge in [-0.05, 0) is 13.3 Å². The Morgan fingerprint density at radius 2 is 1.08 bits per heavy atom. The molecule has 0 radical (unpaired) electrons. The van der Waals surface area contributed by atoms with Gasteiger partial charge in [0.2, 0.25) is 0 Å². The molecule has 0 bridgehead atoms. The molecule has 0 aliphatic carbocycles. The molecule has 0 aromatic carbocycles. The van der Waals surface area contributed by atoms with E-state index < -0.39 is 16.3 Å². The largest absolute Gasteiger partial charge is 0.524 e. The minimum Gasteiger partial charge on any atom is -0.433 e. The standard InChI is InChI=1S/C19H38O5S/c1-3-5-6-7-8-9-10-11-12-13-14-15-16-17-18-23-19(20)24-25(21,22)4-2/h3-18H2,1-2H3. The number of hydrogen-bond acceptors (Lipinski definition) is 5. The van der Waals surface area contributed by atoms with E-state index >= 15 is 0 Å². The Balaban J connectivity index is 3.23. The maximum Gasteiger partial charge on any atom is 0.524 e. The van der Waals surface area contributed by atoms with Crippen molar-refractivity contribution in [3.63, 3.8) is 0 Å². The lowest BCUT2D eigenvalue weighted by Gasteiger charge is -2.05. The Morgan fingerprint density at radius 3 is 1.48 bits per heavy atom. The van der Waals surface area contributed by atoms with E-state index in [0.717, 1.165) is 19.3 Å². The SMILES string of the molecule is CCCCCCCCCCCCCCCCOC(=O)OS(=O)(=O)CC. The van der Waals surface area contributed by atoms with Crippen molar-refractivity contribution in [3.8, 4) is 0 Å². The highest BCUT2D eigenvalue weighted by molar-refractivity contribution is 7.87. The normalized spacial score (nSPS) is 11.4.